The number of halogens is 2. The van der Waals surface area contributed by atoms with Gasteiger partial charge in [0.2, 0.25) is 17.7 Å². The van der Waals surface area contributed by atoms with Gasteiger partial charge in [-0.05, 0) is 87.2 Å². The SMILES string of the molecule is Cn1cc(-c2cc(NC(=O)/C=C/CC3(C)CN(CCCCCC#Cc4cccc5c4C(=O)N(C4CCC(=O)NC4=O)C5=O)N=N3)ccc2Oc2ccc(F)cc2F)c2cc[nH]c2c1=O. The van der Waals surface area contributed by atoms with E-state index in [4.69, 9.17) is 4.74 Å². The molecule has 2 atom stereocenters. The Morgan fingerprint density at radius 3 is 2.62 bits per heavy atom. The fraction of sp³-hybridized carbons (Fsp3) is 0.277. The fourth-order valence-electron chi connectivity index (χ4n) is 7.99. The van der Waals surface area contributed by atoms with Crippen LogP contribution in [-0.2, 0) is 21.4 Å². The number of hydrogen-bond donors (Lipinski definition) is 3. The molecule has 1 fully saturated rings. The van der Waals surface area contributed by atoms with Crippen molar-refractivity contribution in [2.24, 2.45) is 17.4 Å². The van der Waals surface area contributed by atoms with Gasteiger partial charge in [-0.15, -0.1) is 0 Å². The lowest BCUT2D eigenvalue weighted by Crippen LogP contribution is -2.54. The number of aryl methyl sites for hydroxylation is 1. The highest BCUT2D eigenvalue weighted by atomic mass is 19.1. The summed E-state index contributed by atoms with van der Waals surface area (Å²) < 4.78 is 35.6. The zero-order chi connectivity index (χ0) is 45.1. The van der Waals surface area contributed by atoms with Gasteiger partial charge in [-0.25, -0.2) is 8.78 Å². The molecule has 3 N–H and O–H groups in total. The molecule has 5 aromatic rings. The zero-order valence-electron chi connectivity index (χ0n) is 34.9. The molecule has 2 unspecified atom stereocenters. The lowest BCUT2D eigenvalue weighted by Gasteiger charge is -2.27. The van der Waals surface area contributed by atoms with Crippen LogP contribution in [-0.4, -0.2) is 73.7 Å². The quantitative estimate of drug-likeness (QED) is 0.0491. The monoisotopic (exact) mass is 868 g/mol. The number of nitrogens with zero attached hydrogens (tertiary/aromatic N) is 5. The van der Waals surface area contributed by atoms with Gasteiger partial charge in [0.15, 0.2) is 11.6 Å². The first-order chi connectivity index (χ1) is 30.8. The number of amides is 5. The molecular weight excluding hydrogens is 827 g/mol. The minimum atomic E-state index is -1.04. The van der Waals surface area contributed by atoms with Gasteiger partial charge in [0.05, 0.1) is 17.7 Å². The maximum atomic E-state index is 14.7. The zero-order valence-corrected chi connectivity index (χ0v) is 34.9. The average molecular weight is 869 g/mol. The second kappa shape index (κ2) is 17.9. The summed E-state index contributed by atoms with van der Waals surface area (Å²) in [6.07, 6.45) is 10.0. The number of H-pyrrole nitrogens is 1. The standard InChI is InChI=1S/C47H42F2N8O7/c1-47(27-56(54-53-47)23-7-5-3-4-6-10-28-11-8-12-32-41(28)45(62)57(44(32)61)36-16-19-40(59)52-43(36)60)21-9-13-39(58)51-30-15-18-37(64-38-17-14-29(48)24-35(38)49)33(25-30)34-26-55(2)46(63)42-31(34)20-22-50-42/h8-9,11-15,17-18,20,22,24-26,36,50H,3-5,7,16,19,21,23,27H2,1-2H3,(H,51,58)(H,52,59,60)/b13-9+. The van der Waals surface area contributed by atoms with Gasteiger partial charge in [-0.1, -0.05) is 35.6 Å². The normalized spacial score (nSPS) is 18.2. The molecule has 3 aliphatic heterocycles. The molecule has 3 aliphatic rings. The number of hydrogen-bond acceptors (Lipinski definition) is 10. The van der Waals surface area contributed by atoms with Gasteiger partial charge in [-0.3, -0.25) is 44.0 Å². The number of imide groups is 2. The topological polar surface area (TPSA) is 188 Å². The van der Waals surface area contributed by atoms with E-state index in [0.717, 1.165) is 36.3 Å². The number of unbranched alkanes of at least 4 members (excludes halogenated alkanes) is 3. The highest BCUT2D eigenvalue weighted by Crippen LogP contribution is 2.39. The second-order valence-electron chi connectivity index (χ2n) is 16.1. The minimum Gasteiger partial charge on any atom is -0.454 e. The summed E-state index contributed by atoms with van der Waals surface area (Å²) in [6.45, 7) is 3.20. The Morgan fingerprint density at radius 2 is 1.81 bits per heavy atom. The molecule has 0 spiro atoms. The summed E-state index contributed by atoms with van der Waals surface area (Å²) >= 11 is 0. The van der Waals surface area contributed by atoms with Crippen molar-refractivity contribution in [1.29, 1.82) is 0 Å². The third-order valence-electron chi connectivity index (χ3n) is 11.2. The second-order valence-corrected chi connectivity index (χ2v) is 16.1. The van der Waals surface area contributed by atoms with Crippen LogP contribution in [0.1, 0.15) is 78.1 Å². The number of benzene rings is 3. The summed E-state index contributed by atoms with van der Waals surface area (Å²) in [6, 6.07) is 13.4. The van der Waals surface area contributed by atoms with Gasteiger partial charge in [0, 0.05) is 72.7 Å². The molecule has 326 valence electrons. The van der Waals surface area contributed by atoms with Crippen LogP contribution in [0.15, 0.2) is 100 Å². The summed E-state index contributed by atoms with van der Waals surface area (Å²) in [5.74, 6) is 1.85. The van der Waals surface area contributed by atoms with Gasteiger partial charge in [-0.2, -0.15) is 5.11 Å². The molecule has 64 heavy (non-hydrogen) atoms. The molecule has 3 aromatic carbocycles. The highest BCUT2D eigenvalue weighted by Gasteiger charge is 2.45. The van der Waals surface area contributed by atoms with Gasteiger partial charge >= 0.3 is 0 Å². The third kappa shape index (κ3) is 8.93. The lowest BCUT2D eigenvalue weighted by atomic mass is 9.99. The van der Waals surface area contributed by atoms with Crippen molar-refractivity contribution < 1.29 is 37.5 Å². The molecular formula is C47H42F2N8O7. The maximum absolute atomic E-state index is 14.7. The number of fused-ring (bicyclic) bond motifs is 2. The maximum Gasteiger partial charge on any atom is 0.274 e. The number of nitrogens with one attached hydrogen (secondary N) is 3. The molecule has 8 rings (SSSR count). The molecule has 5 amide bonds. The summed E-state index contributed by atoms with van der Waals surface area (Å²) in [5.41, 5.74) is 1.78. The van der Waals surface area contributed by atoms with Crippen molar-refractivity contribution in [3.63, 3.8) is 0 Å². The van der Waals surface area contributed by atoms with E-state index in [0.29, 0.717) is 59.2 Å². The van der Waals surface area contributed by atoms with Crippen LogP contribution >= 0.6 is 0 Å². The highest BCUT2D eigenvalue weighted by molar-refractivity contribution is 6.24. The van der Waals surface area contributed by atoms with Crippen LogP contribution in [0, 0.1) is 23.5 Å². The third-order valence-corrected chi connectivity index (χ3v) is 11.2. The first-order valence-corrected chi connectivity index (χ1v) is 20.7. The van der Waals surface area contributed by atoms with E-state index >= 15 is 0 Å². The van der Waals surface area contributed by atoms with E-state index < -0.39 is 52.8 Å². The van der Waals surface area contributed by atoms with Crippen molar-refractivity contribution in [3.8, 4) is 34.5 Å². The van der Waals surface area contributed by atoms with Gasteiger partial charge in [0.1, 0.15) is 28.7 Å². The number of anilines is 1. The Kier molecular flexibility index (Phi) is 12.0. The van der Waals surface area contributed by atoms with Crippen molar-refractivity contribution in [1.82, 2.24) is 24.8 Å². The van der Waals surface area contributed by atoms with Crippen LogP contribution in [0.3, 0.4) is 0 Å². The summed E-state index contributed by atoms with van der Waals surface area (Å²) in [5, 5.41) is 16.4. The van der Waals surface area contributed by atoms with E-state index in [9.17, 15) is 37.5 Å². The summed E-state index contributed by atoms with van der Waals surface area (Å²) in [7, 11) is 1.60. The first kappa shape index (κ1) is 42.9. The Balaban J connectivity index is 0.822. The number of rotatable bonds is 13. The largest absolute Gasteiger partial charge is 0.454 e. The number of ether oxygens (including phenoxy) is 1. The number of carbonyl (C=O) groups excluding carboxylic acids is 5. The number of pyridine rings is 1. The minimum absolute atomic E-state index is 0.0439. The van der Waals surface area contributed by atoms with Crippen molar-refractivity contribution in [2.45, 2.75) is 63.5 Å². The molecule has 2 aromatic heterocycles. The number of piperidine rings is 1. The van der Waals surface area contributed by atoms with E-state index in [-0.39, 0.29) is 41.0 Å². The number of aromatic nitrogens is 2. The van der Waals surface area contributed by atoms with Crippen molar-refractivity contribution >= 4 is 46.1 Å². The molecule has 15 nitrogen and oxygen atoms in total. The van der Waals surface area contributed by atoms with Crippen LogP contribution in [0.5, 0.6) is 11.5 Å². The molecule has 17 heteroatoms. The summed E-state index contributed by atoms with van der Waals surface area (Å²) in [4.78, 5) is 80.3. The molecule has 0 bridgehead atoms. The Morgan fingerprint density at radius 1 is 0.984 bits per heavy atom. The molecule has 5 heterocycles. The Hall–Kier alpha value is -7.74. The van der Waals surface area contributed by atoms with Crippen molar-refractivity contribution in [3.05, 3.63) is 124 Å². The number of carbonyl (C=O) groups is 5. The first-order valence-electron chi connectivity index (χ1n) is 20.7. The van der Waals surface area contributed by atoms with Gasteiger partial charge < -0.3 is 19.6 Å². The van der Waals surface area contributed by atoms with E-state index in [1.165, 1.54) is 16.7 Å². The van der Waals surface area contributed by atoms with Crippen LogP contribution in [0.2, 0.25) is 0 Å². The van der Waals surface area contributed by atoms with E-state index in [2.05, 4.69) is 37.8 Å². The van der Waals surface area contributed by atoms with E-state index in [1.54, 1.807) is 68.0 Å². The lowest BCUT2D eigenvalue weighted by molar-refractivity contribution is -0.136. The Bertz CT molecular complexity index is 2930. The molecule has 0 radical (unpaired) electrons. The van der Waals surface area contributed by atoms with Crippen molar-refractivity contribution in [2.75, 3.05) is 18.4 Å². The predicted octanol–water partition coefficient (Wildman–Crippen LogP) is 6.94. The predicted molar refractivity (Wildman–Crippen MR) is 231 cm³/mol. The molecule has 1 saturated heterocycles. The average Bonchev–Trinajstić information content (AvgIpc) is 3.97. The Labute approximate surface area is 365 Å². The smallest absolute Gasteiger partial charge is 0.274 e. The van der Waals surface area contributed by atoms with Crippen LogP contribution in [0.4, 0.5) is 14.5 Å². The van der Waals surface area contributed by atoms with Crippen LogP contribution in [0.25, 0.3) is 22.0 Å². The van der Waals surface area contributed by atoms with Crippen LogP contribution < -0.4 is 20.9 Å². The molecule has 0 aliphatic carbocycles. The van der Waals surface area contributed by atoms with E-state index in [1.807, 2.05) is 11.9 Å². The van der Waals surface area contributed by atoms with Gasteiger partial charge in [0.25, 0.3) is 17.4 Å². The molecule has 0 saturated carbocycles. The fourth-order valence-corrected chi connectivity index (χ4v) is 7.99. The number of aromatic amines is 1.